The van der Waals surface area contributed by atoms with Gasteiger partial charge in [0.25, 0.3) is 0 Å². The Kier molecular flexibility index (Phi) is 36.7. The highest BCUT2D eigenvalue weighted by atomic mass is 31.2. The average Bonchev–Trinajstić information content (AvgIpc) is 3.11. The fraction of sp³-hybridized carbons (Fsp3) is 0.805. The first-order valence-corrected chi connectivity index (χ1v) is 22.0. The Morgan fingerprint density at radius 1 is 0.608 bits per heavy atom. The summed E-state index contributed by atoms with van der Waals surface area (Å²) in [7, 11) is -4.37. The maximum absolute atomic E-state index is 12.6. The molecule has 10 heteroatoms. The lowest BCUT2D eigenvalue weighted by Gasteiger charge is -2.19. The van der Waals surface area contributed by atoms with Gasteiger partial charge in [-0.25, -0.2) is 4.57 Å². The molecule has 0 heterocycles. The molecule has 0 aromatic heterocycles. The second-order valence-electron chi connectivity index (χ2n) is 13.5. The van der Waals surface area contributed by atoms with Crippen LogP contribution >= 0.6 is 7.82 Å². The van der Waals surface area contributed by atoms with Gasteiger partial charge in [0.15, 0.2) is 6.10 Å². The van der Waals surface area contributed by atoms with Crippen molar-refractivity contribution in [2.75, 3.05) is 26.4 Å². The first-order valence-electron chi connectivity index (χ1n) is 20.5. The molecule has 0 amide bonds. The van der Waals surface area contributed by atoms with E-state index in [1.807, 2.05) is 0 Å². The van der Waals surface area contributed by atoms with Crippen LogP contribution in [0, 0.1) is 0 Å². The SMILES string of the molecule is CCC=CCC=CCC=CCCCCCCCC(=O)OCC(COP(=O)(O)OCCN)OC(=O)CCCCCCCCCCCCCCCCC. The summed E-state index contributed by atoms with van der Waals surface area (Å²) in [6.45, 7) is 3.60. The van der Waals surface area contributed by atoms with Crippen LogP contribution in [0.25, 0.3) is 0 Å². The highest BCUT2D eigenvalue weighted by molar-refractivity contribution is 7.47. The summed E-state index contributed by atoms with van der Waals surface area (Å²) in [6, 6.07) is 0. The zero-order valence-corrected chi connectivity index (χ0v) is 33.5. The third-order valence-electron chi connectivity index (χ3n) is 8.54. The van der Waals surface area contributed by atoms with Crippen LogP contribution in [-0.2, 0) is 32.7 Å². The molecule has 0 spiro atoms. The molecule has 0 bridgehead atoms. The fourth-order valence-corrected chi connectivity index (χ4v) is 6.30. The highest BCUT2D eigenvalue weighted by Gasteiger charge is 2.26. The smallest absolute Gasteiger partial charge is 0.462 e. The van der Waals surface area contributed by atoms with Crippen LogP contribution < -0.4 is 5.73 Å². The second-order valence-corrected chi connectivity index (χ2v) is 14.9. The molecule has 2 atom stereocenters. The molecule has 0 aromatic carbocycles. The van der Waals surface area contributed by atoms with E-state index >= 15 is 0 Å². The minimum atomic E-state index is -4.37. The minimum Gasteiger partial charge on any atom is -0.462 e. The van der Waals surface area contributed by atoms with Gasteiger partial charge in [-0.2, -0.15) is 0 Å². The average molecular weight is 742 g/mol. The lowest BCUT2D eigenvalue weighted by Crippen LogP contribution is -2.29. The summed E-state index contributed by atoms with van der Waals surface area (Å²) in [6.07, 6.45) is 40.3. The van der Waals surface area contributed by atoms with Crippen LogP contribution in [0.2, 0.25) is 0 Å². The van der Waals surface area contributed by atoms with Gasteiger partial charge in [0.05, 0.1) is 13.2 Å². The number of hydrogen-bond donors (Lipinski definition) is 2. The van der Waals surface area contributed by atoms with E-state index in [2.05, 4.69) is 50.3 Å². The Labute approximate surface area is 312 Å². The lowest BCUT2D eigenvalue weighted by atomic mass is 10.0. The maximum Gasteiger partial charge on any atom is 0.472 e. The first kappa shape index (κ1) is 49.2. The molecule has 51 heavy (non-hydrogen) atoms. The third kappa shape index (κ3) is 37.8. The van der Waals surface area contributed by atoms with E-state index in [1.165, 1.54) is 77.0 Å². The van der Waals surface area contributed by atoms with Crippen molar-refractivity contribution in [2.45, 2.75) is 187 Å². The molecule has 0 aromatic rings. The van der Waals surface area contributed by atoms with Gasteiger partial charge >= 0.3 is 19.8 Å². The maximum atomic E-state index is 12.6. The number of rotatable bonds is 38. The van der Waals surface area contributed by atoms with Crippen molar-refractivity contribution < 1.29 is 37.6 Å². The lowest BCUT2D eigenvalue weighted by molar-refractivity contribution is -0.161. The van der Waals surface area contributed by atoms with E-state index in [9.17, 15) is 19.0 Å². The summed E-state index contributed by atoms with van der Waals surface area (Å²) in [5.74, 6) is -0.845. The number of ether oxygens (including phenoxy) is 2. The Morgan fingerprint density at radius 2 is 1.08 bits per heavy atom. The number of phosphoric acid groups is 1. The zero-order chi connectivity index (χ0) is 37.5. The quantitative estimate of drug-likeness (QED) is 0.0274. The molecule has 0 aliphatic heterocycles. The Balaban J connectivity index is 4.20. The molecule has 0 fully saturated rings. The van der Waals surface area contributed by atoms with Gasteiger partial charge in [-0.05, 0) is 44.9 Å². The molecule has 0 saturated carbocycles. The Morgan fingerprint density at radius 3 is 1.61 bits per heavy atom. The third-order valence-corrected chi connectivity index (χ3v) is 9.52. The predicted octanol–water partition coefficient (Wildman–Crippen LogP) is 11.4. The Bertz CT molecular complexity index is 939. The van der Waals surface area contributed by atoms with Crippen molar-refractivity contribution in [3.8, 4) is 0 Å². The highest BCUT2D eigenvalue weighted by Crippen LogP contribution is 2.43. The molecule has 0 rings (SSSR count). The van der Waals surface area contributed by atoms with Gasteiger partial charge in [-0.15, -0.1) is 0 Å². The number of hydrogen-bond acceptors (Lipinski definition) is 8. The molecule has 0 aliphatic carbocycles. The summed E-state index contributed by atoms with van der Waals surface area (Å²) < 4.78 is 32.7. The van der Waals surface area contributed by atoms with Gasteiger partial charge in [0.1, 0.15) is 6.61 Å². The van der Waals surface area contributed by atoms with Crippen LogP contribution in [0.1, 0.15) is 181 Å². The summed E-state index contributed by atoms with van der Waals surface area (Å²) in [5, 5.41) is 0. The number of allylic oxidation sites excluding steroid dienone is 6. The van der Waals surface area contributed by atoms with Crippen LogP contribution in [0.5, 0.6) is 0 Å². The molecular weight excluding hydrogens is 665 g/mol. The summed E-state index contributed by atoms with van der Waals surface area (Å²) in [5.41, 5.74) is 5.34. The molecule has 0 saturated heterocycles. The number of carbonyl (C=O) groups is 2. The molecule has 9 nitrogen and oxygen atoms in total. The van der Waals surface area contributed by atoms with E-state index in [-0.39, 0.29) is 32.6 Å². The number of esters is 2. The normalized spacial score (nSPS) is 13.7. The van der Waals surface area contributed by atoms with Crippen molar-refractivity contribution in [1.29, 1.82) is 0 Å². The van der Waals surface area contributed by atoms with Gasteiger partial charge in [0, 0.05) is 19.4 Å². The molecule has 3 N–H and O–H groups in total. The van der Waals surface area contributed by atoms with Gasteiger partial charge < -0.3 is 20.1 Å². The van der Waals surface area contributed by atoms with Crippen LogP contribution in [0.4, 0.5) is 0 Å². The molecule has 0 radical (unpaired) electrons. The zero-order valence-electron chi connectivity index (χ0n) is 32.6. The van der Waals surface area contributed by atoms with Crippen molar-refractivity contribution in [3.63, 3.8) is 0 Å². The van der Waals surface area contributed by atoms with Gasteiger partial charge in [-0.1, -0.05) is 159 Å². The summed E-state index contributed by atoms with van der Waals surface area (Å²) >= 11 is 0. The van der Waals surface area contributed by atoms with Crippen molar-refractivity contribution in [3.05, 3.63) is 36.5 Å². The topological polar surface area (TPSA) is 134 Å². The van der Waals surface area contributed by atoms with E-state index in [0.29, 0.717) is 12.8 Å². The van der Waals surface area contributed by atoms with E-state index in [4.69, 9.17) is 24.3 Å². The monoisotopic (exact) mass is 742 g/mol. The van der Waals surface area contributed by atoms with Crippen molar-refractivity contribution in [2.24, 2.45) is 5.73 Å². The second kappa shape index (κ2) is 38.0. The van der Waals surface area contributed by atoms with Gasteiger partial charge in [0.2, 0.25) is 0 Å². The fourth-order valence-electron chi connectivity index (χ4n) is 5.53. The van der Waals surface area contributed by atoms with E-state index in [1.54, 1.807) is 0 Å². The Hall–Kier alpha value is -1.77. The van der Waals surface area contributed by atoms with E-state index in [0.717, 1.165) is 64.2 Å². The number of nitrogens with two attached hydrogens (primary N) is 1. The number of unbranched alkanes of at least 4 members (excludes halogenated alkanes) is 19. The number of phosphoric ester groups is 1. The van der Waals surface area contributed by atoms with E-state index < -0.39 is 32.5 Å². The predicted molar refractivity (Wildman–Crippen MR) is 210 cm³/mol. The molecule has 0 aliphatic rings. The molecule has 298 valence electrons. The van der Waals surface area contributed by atoms with Gasteiger partial charge in [-0.3, -0.25) is 18.6 Å². The van der Waals surface area contributed by atoms with Crippen LogP contribution in [-0.4, -0.2) is 49.3 Å². The van der Waals surface area contributed by atoms with Crippen molar-refractivity contribution >= 4 is 19.8 Å². The minimum absolute atomic E-state index is 0.0513. The standard InChI is InChI=1S/C41H76NO8P/c1-3-5-7-9-11-13-15-17-19-21-23-25-27-29-31-33-40(43)47-37-39(38-49-51(45,46)48-36-35-42)50-41(44)34-32-30-28-26-24-22-20-18-16-14-12-10-8-6-4-2/h5,7,11,13,17,19,39H,3-4,6,8-10,12,14-16,18,20-38,42H2,1-2H3,(H,45,46). The largest absolute Gasteiger partial charge is 0.472 e. The first-order chi connectivity index (χ1) is 24.8. The number of carbonyl (C=O) groups excluding carboxylic acids is 2. The molecular formula is C41H76NO8P. The van der Waals surface area contributed by atoms with Crippen molar-refractivity contribution in [1.82, 2.24) is 0 Å². The van der Waals surface area contributed by atoms with Crippen LogP contribution in [0.15, 0.2) is 36.5 Å². The molecule has 2 unspecified atom stereocenters. The summed E-state index contributed by atoms with van der Waals surface area (Å²) in [4.78, 5) is 34.8. The van der Waals surface area contributed by atoms with Crippen LogP contribution in [0.3, 0.4) is 0 Å².